The van der Waals surface area contributed by atoms with Gasteiger partial charge in [0, 0.05) is 26.1 Å². The molecule has 2 atom stereocenters. The molecule has 2 fully saturated rings. The Morgan fingerprint density at radius 1 is 1.08 bits per heavy atom. The third-order valence-corrected chi connectivity index (χ3v) is 6.49. The Labute approximate surface area is 155 Å². The number of hydrogen-bond donors (Lipinski definition) is 0. The molecule has 0 spiro atoms. The van der Waals surface area contributed by atoms with E-state index in [-0.39, 0.29) is 0 Å². The molecule has 0 amide bonds. The third-order valence-electron chi connectivity index (χ3n) is 6.01. The molecule has 1 aromatic carbocycles. The number of benzene rings is 1. The maximum atomic E-state index is 5.68. The molecule has 5 heteroatoms. The average Bonchev–Trinajstić information content (AvgIpc) is 2.91. The molecule has 25 heavy (non-hydrogen) atoms. The number of fused-ring (bicyclic) bond motifs is 1. The summed E-state index contributed by atoms with van der Waals surface area (Å²) < 4.78 is 4.96. The average molecular weight is 357 g/mol. The number of hydrogen-bond acceptors (Lipinski definition) is 3. The first-order valence-corrected chi connectivity index (χ1v) is 10.0. The van der Waals surface area contributed by atoms with Crippen molar-refractivity contribution >= 4 is 12.2 Å². The second-order valence-electron chi connectivity index (χ2n) is 7.63. The second kappa shape index (κ2) is 7.42. The van der Waals surface area contributed by atoms with Crippen LogP contribution in [0.25, 0.3) is 0 Å². The maximum Gasteiger partial charge on any atom is 0.198 e. The molecule has 4 rings (SSSR count). The largest absolute Gasteiger partial charge is 0.307 e. The Kier molecular flexibility index (Phi) is 5.04. The van der Waals surface area contributed by atoms with Gasteiger partial charge in [-0.1, -0.05) is 43.2 Å². The molecule has 2 aromatic rings. The van der Waals surface area contributed by atoms with Gasteiger partial charge >= 0.3 is 0 Å². The molecule has 1 saturated heterocycles. The van der Waals surface area contributed by atoms with Crippen LogP contribution in [0.1, 0.15) is 49.9 Å². The van der Waals surface area contributed by atoms with Gasteiger partial charge in [-0.05, 0) is 49.4 Å². The highest BCUT2D eigenvalue weighted by atomic mass is 32.1. The monoisotopic (exact) mass is 356 g/mol. The molecule has 4 nitrogen and oxygen atoms in total. The molecule has 0 unspecified atom stereocenters. The van der Waals surface area contributed by atoms with Gasteiger partial charge in [0.1, 0.15) is 5.82 Å². The summed E-state index contributed by atoms with van der Waals surface area (Å²) >= 11 is 5.68. The summed E-state index contributed by atoms with van der Waals surface area (Å²) in [5, 5.41) is 4.87. The summed E-state index contributed by atoms with van der Waals surface area (Å²) in [6.07, 6.45) is 9.12. The van der Waals surface area contributed by atoms with Crippen LogP contribution in [0.4, 0.5) is 0 Å². The van der Waals surface area contributed by atoms with Crippen molar-refractivity contribution < 1.29 is 0 Å². The number of piperidine rings is 1. The van der Waals surface area contributed by atoms with Crippen LogP contribution in [0.2, 0.25) is 0 Å². The van der Waals surface area contributed by atoms with Crippen LogP contribution in [0.3, 0.4) is 0 Å². The molecule has 1 aromatic heterocycles. The van der Waals surface area contributed by atoms with Gasteiger partial charge in [0.05, 0.1) is 6.67 Å². The van der Waals surface area contributed by atoms with Crippen LogP contribution in [-0.2, 0) is 20.1 Å². The van der Waals surface area contributed by atoms with Crippen molar-refractivity contribution in [1.29, 1.82) is 0 Å². The smallest absolute Gasteiger partial charge is 0.198 e. The summed E-state index contributed by atoms with van der Waals surface area (Å²) in [7, 11) is 2.05. The minimum absolute atomic E-state index is 0.740. The van der Waals surface area contributed by atoms with Crippen molar-refractivity contribution in [3.05, 3.63) is 46.5 Å². The van der Waals surface area contributed by atoms with Gasteiger partial charge in [-0.3, -0.25) is 4.90 Å². The lowest BCUT2D eigenvalue weighted by Crippen LogP contribution is -2.47. The molecule has 1 aliphatic carbocycles. The van der Waals surface area contributed by atoms with E-state index in [1.54, 1.807) is 0 Å². The molecular formula is C20H28N4S. The van der Waals surface area contributed by atoms with Crippen LogP contribution in [0.15, 0.2) is 30.3 Å². The van der Waals surface area contributed by atoms with Crippen molar-refractivity contribution in [3.8, 4) is 0 Å². The maximum absolute atomic E-state index is 5.68. The summed E-state index contributed by atoms with van der Waals surface area (Å²) in [5.74, 6) is 1.94. The van der Waals surface area contributed by atoms with Gasteiger partial charge < -0.3 is 4.57 Å². The predicted molar refractivity (Wildman–Crippen MR) is 103 cm³/mol. The summed E-state index contributed by atoms with van der Waals surface area (Å²) in [5.41, 5.74) is 1.28. The highest BCUT2D eigenvalue weighted by Crippen LogP contribution is 2.35. The van der Waals surface area contributed by atoms with Crippen molar-refractivity contribution in [2.24, 2.45) is 13.0 Å². The fraction of sp³-hybridized carbons (Fsp3) is 0.600. The van der Waals surface area contributed by atoms with E-state index < -0.39 is 0 Å². The normalized spacial score (nSPS) is 24.2. The van der Waals surface area contributed by atoms with E-state index in [0.29, 0.717) is 0 Å². The summed E-state index contributed by atoms with van der Waals surface area (Å²) in [6, 6.07) is 11.3. The zero-order chi connectivity index (χ0) is 17.2. The lowest BCUT2D eigenvalue weighted by Gasteiger charge is -2.43. The van der Waals surface area contributed by atoms with E-state index in [0.717, 1.165) is 35.6 Å². The Bertz CT molecular complexity index is 762. The van der Waals surface area contributed by atoms with Crippen LogP contribution >= 0.6 is 12.2 Å². The first kappa shape index (κ1) is 17.0. The lowest BCUT2D eigenvalue weighted by atomic mass is 9.78. The van der Waals surface area contributed by atoms with E-state index in [1.165, 1.54) is 50.6 Å². The standard InChI is InChI=1S/C20H28N4S/c1-22-19(14-16-8-3-2-4-9-16)21-24(20(22)25)15-23-13-7-11-17-10-5-6-12-18(17)23/h2-4,8-9,17-18H,5-7,10-15H2,1H3/t17-,18+/m1/s1. The van der Waals surface area contributed by atoms with E-state index in [4.69, 9.17) is 17.3 Å². The zero-order valence-electron chi connectivity index (χ0n) is 15.1. The van der Waals surface area contributed by atoms with Crippen molar-refractivity contribution in [2.45, 2.75) is 57.7 Å². The van der Waals surface area contributed by atoms with Gasteiger partial charge in [-0.25, -0.2) is 4.68 Å². The Morgan fingerprint density at radius 2 is 1.84 bits per heavy atom. The first-order chi connectivity index (χ1) is 12.2. The van der Waals surface area contributed by atoms with Crippen molar-refractivity contribution in [2.75, 3.05) is 6.54 Å². The van der Waals surface area contributed by atoms with Gasteiger partial charge in [-0.15, -0.1) is 0 Å². The highest BCUT2D eigenvalue weighted by Gasteiger charge is 2.33. The molecule has 0 bridgehead atoms. The molecule has 0 radical (unpaired) electrons. The number of nitrogens with zero attached hydrogens (tertiary/aromatic N) is 4. The number of aromatic nitrogens is 3. The number of rotatable bonds is 4. The molecule has 2 heterocycles. The molecule has 134 valence electrons. The summed E-state index contributed by atoms with van der Waals surface area (Å²) in [4.78, 5) is 2.64. The van der Waals surface area contributed by atoms with Crippen LogP contribution in [0.5, 0.6) is 0 Å². The van der Waals surface area contributed by atoms with Gasteiger partial charge in [-0.2, -0.15) is 5.10 Å². The minimum atomic E-state index is 0.740. The lowest BCUT2D eigenvalue weighted by molar-refractivity contribution is 0.0322. The van der Waals surface area contributed by atoms with E-state index >= 15 is 0 Å². The first-order valence-electron chi connectivity index (χ1n) is 9.63. The Balaban J connectivity index is 1.52. The van der Waals surface area contributed by atoms with Crippen LogP contribution in [-0.4, -0.2) is 31.8 Å². The zero-order valence-corrected chi connectivity index (χ0v) is 15.9. The molecule has 0 N–H and O–H groups in total. The minimum Gasteiger partial charge on any atom is -0.307 e. The van der Waals surface area contributed by atoms with Gasteiger partial charge in [0.15, 0.2) is 4.77 Å². The Hall–Kier alpha value is -1.46. The summed E-state index contributed by atoms with van der Waals surface area (Å²) in [6.45, 7) is 2.04. The van der Waals surface area contributed by atoms with Gasteiger partial charge in [0.2, 0.25) is 0 Å². The Morgan fingerprint density at radius 3 is 2.68 bits per heavy atom. The van der Waals surface area contributed by atoms with Gasteiger partial charge in [0.25, 0.3) is 0 Å². The fourth-order valence-electron chi connectivity index (χ4n) is 4.63. The predicted octanol–water partition coefficient (Wildman–Crippen LogP) is 4.15. The molecule has 1 saturated carbocycles. The van der Waals surface area contributed by atoms with E-state index in [9.17, 15) is 0 Å². The molecule has 2 aliphatic rings. The van der Waals surface area contributed by atoms with Crippen LogP contribution < -0.4 is 0 Å². The van der Waals surface area contributed by atoms with Crippen molar-refractivity contribution in [1.82, 2.24) is 19.2 Å². The van der Waals surface area contributed by atoms with Crippen molar-refractivity contribution in [3.63, 3.8) is 0 Å². The fourth-order valence-corrected chi connectivity index (χ4v) is 4.84. The third kappa shape index (κ3) is 3.58. The van der Waals surface area contributed by atoms with E-state index in [2.05, 4.69) is 39.8 Å². The highest BCUT2D eigenvalue weighted by molar-refractivity contribution is 7.71. The SMILES string of the molecule is Cn1c(Cc2ccccc2)nn(CN2CCC[C@H]3CCCC[C@@H]32)c1=S. The molecule has 1 aliphatic heterocycles. The second-order valence-corrected chi connectivity index (χ2v) is 7.99. The number of likely N-dealkylation sites (tertiary alicyclic amines) is 1. The molecular weight excluding hydrogens is 328 g/mol. The topological polar surface area (TPSA) is 26.0 Å². The van der Waals surface area contributed by atoms with Crippen LogP contribution in [0, 0.1) is 10.7 Å². The van der Waals surface area contributed by atoms with E-state index in [1.807, 2.05) is 11.7 Å². The quantitative estimate of drug-likeness (QED) is 0.770.